The van der Waals surface area contributed by atoms with Crippen LogP contribution in [0.1, 0.15) is 13.3 Å². The van der Waals surface area contributed by atoms with E-state index in [2.05, 4.69) is 4.98 Å². The number of rotatable bonds is 3. The molecule has 5 nitrogen and oxygen atoms in total. The van der Waals surface area contributed by atoms with Crippen molar-refractivity contribution < 1.29 is 17.5 Å². The summed E-state index contributed by atoms with van der Waals surface area (Å²) in [6, 6.07) is 0. The third kappa shape index (κ3) is 1.83. The second-order valence-corrected chi connectivity index (χ2v) is 3.77. The smallest absolute Gasteiger partial charge is 0.276 e. The number of H-pyrrole nitrogens is 1. The molecule has 12 heavy (non-hydrogen) atoms. The van der Waals surface area contributed by atoms with Crippen molar-refractivity contribution in [2.75, 3.05) is 0 Å². The van der Waals surface area contributed by atoms with Crippen molar-refractivity contribution in [1.29, 1.82) is 0 Å². The number of hydrogen-bond acceptors (Lipinski definition) is 2. The zero-order valence-corrected chi connectivity index (χ0v) is 7.50. The number of nitrogens with one attached hydrogen (secondary N) is 1. The third-order valence-electron chi connectivity index (χ3n) is 1.43. The van der Waals surface area contributed by atoms with E-state index in [0.717, 1.165) is 6.42 Å². The largest absolute Gasteiger partial charge is 0.400 e. The van der Waals surface area contributed by atoms with E-state index in [4.69, 9.17) is 4.55 Å². The molecule has 68 valence electrons. The van der Waals surface area contributed by atoms with E-state index in [1.54, 1.807) is 6.20 Å². The highest BCUT2D eigenvalue weighted by Crippen LogP contribution is 1.96. The number of aromatic amines is 1. The van der Waals surface area contributed by atoms with Crippen molar-refractivity contribution in [3.05, 3.63) is 12.4 Å². The zero-order valence-electron chi connectivity index (χ0n) is 6.69. The third-order valence-corrected chi connectivity index (χ3v) is 2.27. The first-order valence-electron chi connectivity index (χ1n) is 3.60. The summed E-state index contributed by atoms with van der Waals surface area (Å²) in [7, 11) is -4.10. The Bertz CT molecular complexity index is 355. The Morgan fingerprint density at radius 1 is 1.67 bits per heavy atom. The molecule has 0 saturated carbocycles. The molecule has 0 atom stereocenters. The summed E-state index contributed by atoms with van der Waals surface area (Å²) in [4.78, 5) is 2.46. The highest BCUT2D eigenvalue weighted by molar-refractivity contribution is 7.85. The summed E-state index contributed by atoms with van der Waals surface area (Å²) in [6.07, 6.45) is 3.86. The minimum Gasteiger partial charge on any atom is -0.276 e. The summed E-state index contributed by atoms with van der Waals surface area (Å²) in [5, 5.41) is -0.163. The van der Waals surface area contributed by atoms with Gasteiger partial charge in [-0.15, -0.1) is 0 Å². The van der Waals surface area contributed by atoms with Crippen molar-refractivity contribution in [1.82, 2.24) is 4.98 Å². The first-order valence-corrected chi connectivity index (χ1v) is 5.04. The lowest BCUT2D eigenvalue weighted by Gasteiger charge is -1.93. The molecule has 1 rings (SSSR count). The topological polar surface area (TPSA) is 74.0 Å². The van der Waals surface area contributed by atoms with Gasteiger partial charge in [-0.05, 0) is 6.42 Å². The van der Waals surface area contributed by atoms with Crippen LogP contribution in [0.25, 0.3) is 0 Å². The molecular formula is C6H11N2O3S+. The fraction of sp³-hybridized carbons (Fsp3) is 0.500. The lowest BCUT2D eigenvalue weighted by atomic mass is 10.5. The van der Waals surface area contributed by atoms with Crippen LogP contribution in [0.2, 0.25) is 0 Å². The molecular weight excluding hydrogens is 180 g/mol. The predicted molar refractivity (Wildman–Crippen MR) is 41.1 cm³/mol. The van der Waals surface area contributed by atoms with Crippen LogP contribution >= 0.6 is 0 Å². The Labute approximate surface area is 70.8 Å². The van der Waals surface area contributed by atoms with Crippen molar-refractivity contribution >= 4 is 10.1 Å². The maximum atomic E-state index is 10.7. The van der Waals surface area contributed by atoms with Crippen LogP contribution in [0, 0.1) is 0 Å². The molecule has 0 saturated heterocycles. The van der Waals surface area contributed by atoms with Gasteiger partial charge < -0.3 is 0 Å². The molecule has 0 spiro atoms. The molecule has 1 heterocycles. The Hall–Kier alpha value is -0.880. The second-order valence-electron chi connectivity index (χ2n) is 2.43. The lowest BCUT2D eigenvalue weighted by molar-refractivity contribution is -0.733. The Kier molecular flexibility index (Phi) is 2.49. The van der Waals surface area contributed by atoms with E-state index in [-0.39, 0.29) is 5.16 Å². The Balaban J connectivity index is 3.08. The monoisotopic (exact) mass is 191 g/mol. The maximum Gasteiger partial charge on any atom is 0.400 e. The molecule has 6 heteroatoms. The van der Waals surface area contributed by atoms with Crippen molar-refractivity contribution in [2.24, 2.45) is 0 Å². The van der Waals surface area contributed by atoms with Crippen molar-refractivity contribution in [3.8, 4) is 0 Å². The van der Waals surface area contributed by atoms with Crippen LogP contribution in [0.4, 0.5) is 0 Å². The summed E-state index contributed by atoms with van der Waals surface area (Å²) in [5.41, 5.74) is 0. The van der Waals surface area contributed by atoms with E-state index in [1.165, 1.54) is 10.8 Å². The number of imidazole rings is 1. The zero-order chi connectivity index (χ0) is 9.19. The SMILES string of the molecule is CCC[n+]1cc[nH]c1S(=O)(=O)O. The molecule has 2 N–H and O–H groups in total. The van der Waals surface area contributed by atoms with Gasteiger partial charge in [0, 0.05) is 0 Å². The lowest BCUT2D eigenvalue weighted by Crippen LogP contribution is -2.37. The normalized spacial score (nSPS) is 11.8. The van der Waals surface area contributed by atoms with Gasteiger partial charge in [-0.3, -0.25) is 4.55 Å². The number of hydrogen-bond donors (Lipinski definition) is 2. The molecule has 0 radical (unpaired) electrons. The number of aryl methyl sites for hydroxylation is 1. The van der Waals surface area contributed by atoms with Crippen LogP contribution in [0.5, 0.6) is 0 Å². The van der Waals surface area contributed by atoms with Crippen molar-refractivity contribution in [3.63, 3.8) is 0 Å². The molecule has 0 aliphatic heterocycles. The van der Waals surface area contributed by atoms with Gasteiger partial charge in [-0.25, -0.2) is 9.55 Å². The fourth-order valence-corrected chi connectivity index (χ4v) is 1.65. The van der Waals surface area contributed by atoms with Crippen LogP contribution in [-0.2, 0) is 16.7 Å². The molecule has 0 aliphatic rings. The van der Waals surface area contributed by atoms with Crippen molar-refractivity contribution in [2.45, 2.75) is 25.0 Å². The molecule has 0 aromatic carbocycles. The fourth-order valence-electron chi connectivity index (χ4n) is 0.989. The Morgan fingerprint density at radius 2 is 2.33 bits per heavy atom. The van der Waals surface area contributed by atoms with Gasteiger partial charge in [0.1, 0.15) is 12.4 Å². The highest BCUT2D eigenvalue weighted by atomic mass is 32.2. The van der Waals surface area contributed by atoms with Crippen LogP contribution in [0.15, 0.2) is 17.6 Å². The first kappa shape index (κ1) is 9.21. The van der Waals surface area contributed by atoms with E-state index in [9.17, 15) is 8.42 Å². The summed E-state index contributed by atoms with van der Waals surface area (Å²) in [5.74, 6) is 0. The minimum atomic E-state index is -4.10. The van der Waals surface area contributed by atoms with Gasteiger partial charge in [-0.2, -0.15) is 8.42 Å². The van der Waals surface area contributed by atoms with Gasteiger partial charge in [0.05, 0.1) is 6.54 Å². The average molecular weight is 191 g/mol. The van der Waals surface area contributed by atoms with E-state index in [0.29, 0.717) is 6.54 Å². The van der Waals surface area contributed by atoms with E-state index in [1.807, 2.05) is 6.92 Å². The van der Waals surface area contributed by atoms with E-state index >= 15 is 0 Å². The molecule has 1 aromatic rings. The standard InChI is InChI=1S/C6H10N2O3S/c1-2-4-8-5-3-7-6(8)12(9,10)11/h3,5H,2,4H2,1H3,(H,9,10,11)/p+1. The molecule has 0 bridgehead atoms. The maximum absolute atomic E-state index is 10.7. The Morgan fingerprint density at radius 3 is 2.83 bits per heavy atom. The summed E-state index contributed by atoms with van der Waals surface area (Å²) in [6.45, 7) is 2.49. The molecule has 0 amide bonds. The minimum absolute atomic E-state index is 0.163. The van der Waals surface area contributed by atoms with Crippen LogP contribution in [0.3, 0.4) is 0 Å². The first-order chi connectivity index (χ1) is 5.55. The second kappa shape index (κ2) is 3.24. The van der Waals surface area contributed by atoms with E-state index < -0.39 is 10.1 Å². The summed E-state index contributed by atoms with van der Waals surface area (Å²) >= 11 is 0. The molecule has 0 aliphatic carbocycles. The van der Waals surface area contributed by atoms with Gasteiger partial charge in [-0.1, -0.05) is 6.92 Å². The predicted octanol–water partition coefficient (Wildman–Crippen LogP) is -0.0411. The number of nitrogens with zero attached hydrogens (tertiary/aromatic N) is 1. The van der Waals surface area contributed by atoms with Gasteiger partial charge >= 0.3 is 15.3 Å². The van der Waals surface area contributed by atoms with Gasteiger partial charge in [0.25, 0.3) is 0 Å². The quantitative estimate of drug-likeness (QED) is 0.520. The van der Waals surface area contributed by atoms with Gasteiger partial charge in [0.2, 0.25) is 0 Å². The molecule has 0 unspecified atom stereocenters. The van der Waals surface area contributed by atoms with Crippen LogP contribution in [-0.4, -0.2) is 18.0 Å². The van der Waals surface area contributed by atoms with Gasteiger partial charge in [0.15, 0.2) is 0 Å². The average Bonchev–Trinajstić information content (AvgIpc) is 2.34. The molecule has 1 aromatic heterocycles. The highest BCUT2D eigenvalue weighted by Gasteiger charge is 2.23. The molecule has 0 fully saturated rings. The number of aromatic nitrogens is 2. The summed E-state index contributed by atoms with van der Waals surface area (Å²) < 4.78 is 31.5. The van der Waals surface area contributed by atoms with Crippen LogP contribution < -0.4 is 4.57 Å².